The Morgan fingerprint density at radius 2 is 1.60 bits per heavy atom. The van der Waals surface area contributed by atoms with Crippen molar-refractivity contribution < 1.29 is 9.13 Å². The number of pyridine rings is 1. The van der Waals surface area contributed by atoms with Gasteiger partial charge in [-0.2, -0.15) is 0 Å². The zero-order valence-corrected chi connectivity index (χ0v) is 13.7. The van der Waals surface area contributed by atoms with Crippen LogP contribution in [0.3, 0.4) is 0 Å². The summed E-state index contributed by atoms with van der Waals surface area (Å²) in [6.45, 7) is 0. The Bertz CT molecular complexity index is 1040. The van der Waals surface area contributed by atoms with E-state index >= 15 is 0 Å². The van der Waals surface area contributed by atoms with E-state index in [1.165, 1.54) is 12.1 Å². The van der Waals surface area contributed by atoms with Gasteiger partial charge in [0.1, 0.15) is 11.6 Å². The Morgan fingerprint density at radius 1 is 0.800 bits per heavy atom. The van der Waals surface area contributed by atoms with Crippen LogP contribution in [0.25, 0.3) is 33.3 Å². The van der Waals surface area contributed by atoms with Crippen molar-refractivity contribution in [2.75, 3.05) is 7.11 Å². The lowest BCUT2D eigenvalue weighted by Crippen LogP contribution is -1.91. The topological polar surface area (TPSA) is 22.1 Å². The third kappa shape index (κ3) is 2.96. The summed E-state index contributed by atoms with van der Waals surface area (Å²) in [6.07, 6.45) is 0. The van der Waals surface area contributed by atoms with Gasteiger partial charge in [0.25, 0.3) is 0 Å². The lowest BCUT2D eigenvalue weighted by atomic mass is 9.98. The van der Waals surface area contributed by atoms with Crippen LogP contribution in [0, 0.1) is 5.82 Å². The van der Waals surface area contributed by atoms with E-state index < -0.39 is 0 Å². The Hall–Kier alpha value is -3.20. The molecule has 0 aliphatic carbocycles. The van der Waals surface area contributed by atoms with Crippen molar-refractivity contribution in [2.24, 2.45) is 0 Å². The molecule has 4 rings (SSSR count). The van der Waals surface area contributed by atoms with Crippen molar-refractivity contribution in [3.8, 4) is 28.1 Å². The van der Waals surface area contributed by atoms with Gasteiger partial charge in [0, 0.05) is 10.9 Å². The molecule has 0 spiro atoms. The van der Waals surface area contributed by atoms with Gasteiger partial charge in [-0.25, -0.2) is 9.37 Å². The van der Waals surface area contributed by atoms with Crippen LogP contribution in [0.2, 0.25) is 0 Å². The molecular formula is C22H16FNO. The maximum atomic E-state index is 13.6. The highest BCUT2D eigenvalue weighted by Gasteiger charge is 2.11. The number of methoxy groups -OCH3 is 1. The molecule has 0 bridgehead atoms. The number of nitrogens with zero attached hydrogens (tertiary/aromatic N) is 1. The largest absolute Gasteiger partial charge is 0.497 e. The van der Waals surface area contributed by atoms with Crippen LogP contribution in [0.4, 0.5) is 4.39 Å². The molecule has 0 atom stereocenters. The number of halogens is 1. The molecule has 1 aromatic heterocycles. The molecular weight excluding hydrogens is 313 g/mol. The number of rotatable bonds is 3. The van der Waals surface area contributed by atoms with Crippen LogP contribution in [0.15, 0.2) is 78.9 Å². The average molecular weight is 329 g/mol. The zero-order chi connectivity index (χ0) is 17.2. The Balaban J connectivity index is 2.01. The molecule has 0 radical (unpaired) electrons. The van der Waals surface area contributed by atoms with E-state index in [0.29, 0.717) is 0 Å². The smallest absolute Gasteiger partial charge is 0.123 e. The number of fused-ring (bicyclic) bond motifs is 1. The number of aromatic nitrogens is 1. The van der Waals surface area contributed by atoms with Crippen molar-refractivity contribution in [1.29, 1.82) is 0 Å². The third-order valence-corrected chi connectivity index (χ3v) is 4.22. The van der Waals surface area contributed by atoms with E-state index in [2.05, 4.69) is 12.1 Å². The molecule has 1 heterocycles. The summed E-state index contributed by atoms with van der Waals surface area (Å²) >= 11 is 0. The molecule has 0 fully saturated rings. The normalized spacial score (nSPS) is 10.8. The molecule has 0 N–H and O–H groups in total. The van der Waals surface area contributed by atoms with Crippen molar-refractivity contribution in [1.82, 2.24) is 4.98 Å². The Kier molecular flexibility index (Phi) is 3.90. The van der Waals surface area contributed by atoms with Gasteiger partial charge in [-0.3, -0.25) is 0 Å². The zero-order valence-electron chi connectivity index (χ0n) is 13.7. The lowest BCUT2D eigenvalue weighted by molar-refractivity contribution is 0.415. The predicted molar refractivity (Wildman–Crippen MR) is 99.1 cm³/mol. The molecule has 0 amide bonds. The molecule has 0 aliphatic heterocycles. The average Bonchev–Trinajstić information content (AvgIpc) is 2.67. The summed E-state index contributed by atoms with van der Waals surface area (Å²) < 4.78 is 19.0. The first-order chi connectivity index (χ1) is 12.2. The van der Waals surface area contributed by atoms with E-state index in [1.54, 1.807) is 13.2 Å². The molecule has 2 nitrogen and oxygen atoms in total. The molecule has 0 aliphatic rings. The molecule has 122 valence electrons. The van der Waals surface area contributed by atoms with Gasteiger partial charge < -0.3 is 4.74 Å². The van der Waals surface area contributed by atoms with Gasteiger partial charge in [0.2, 0.25) is 0 Å². The van der Waals surface area contributed by atoms with E-state index in [0.717, 1.165) is 39.0 Å². The first kappa shape index (κ1) is 15.3. The van der Waals surface area contributed by atoms with Crippen molar-refractivity contribution in [3.05, 3.63) is 84.7 Å². The quantitative estimate of drug-likeness (QED) is 0.480. The number of hydrogen-bond acceptors (Lipinski definition) is 2. The SMILES string of the molecule is COc1ccc2nc(-c3cccc(F)c3)cc(-c3ccccc3)c2c1. The summed E-state index contributed by atoms with van der Waals surface area (Å²) in [4.78, 5) is 4.73. The first-order valence-corrected chi connectivity index (χ1v) is 8.05. The van der Waals surface area contributed by atoms with Gasteiger partial charge in [-0.1, -0.05) is 42.5 Å². The molecule has 0 unspecified atom stereocenters. The summed E-state index contributed by atoms with van der Waals surface area (Å²) in [7, 11) is 1.65. The second kappa shape index (κ2) is 6.36. The molecule has 3 aromatic carbocycles. The van der Waals surface area contributed by atoms with E-state index in [1.807, 2.05) is 48.5 Å². The van der Waals surface area contributed by atoms with Crippen LogP contribution in [0.5, 0.6) is 5.75 Å². The fourth-order valence-electron chi connectivity index (χ4n) is 2.98. The molecule has 0 saturated carbocycles. The minimum absolute atomic E-state index is 0.268. The van der Waals surface area contributed by atoms with Gasteiger partial charge >= 0.3 is 0 Å². The molecule has 25 heavy (non-hydrogen) atoms. The minimum atomic E-state index is -0.268. The van der Waals surface area contributed by atoms with Crippen LogP contribution in [-0.2, 0) is 0 Å². The second-order valence-corrected chi connectivity index (χ2v) is 5.81. The van der Waals surface area contributed by atoms with E-state index in [-0.39, 0.29) is 5.82 Å². The van der Waals surface area contributed by atoms with Crippen molar-refractivity contribution in [2.45, 2.75) is 0 Å². The summed E-state index contributed by atoms with van der Waals surface area (Å²) in [5.74, 6) is 0.514. The number of hydrogen-bond donors (Lipinski definition) is 0. The number of benzene rings is 3. The van der Waals surface area contributed by atoms with Crippen LogP contribution >= 0.6 is 0 Å². The Labute approximate surface area is 145 Å². The maximum absolute atomic E-state index is 13.6. The predicted octanol–water partition coefficient (Wildman–Crippen LogP) is 5.72. The van der Waals surface area contributed by atoms with Crippen molar-refractivity contribution >= 4 is 10.9 Å². The van der Waals surface area contributed by atoms with Crippen LogP contribution < -0.4 is 4.74 Å². The highest BCUT2D eigenvalue weighted by atomic mass is 19.1. The highest BCUT2D eigenvalue weighted by Crippen LogP contribution is 2.34. The third-order valence-electron chi connectivity index (χ3n) is 4.22. The lowest BCUT2D eigenvalue weighted by Gasteiger charge is -2.11. The van der Waals surface area contributed by atoms with Crippen molar-refractivity contribution in [3.63, 3.8) is 0 Å². The first-order valence-electron chi connectivity index (χ1n) is 8.05. The fourth-order valence-corrected chi connectivity index (χ4v) is 2.98. The monoisotopic (exact) mass is 329 g/mol. The summed E-state index contributed by atoms with van der Waals surface area (Å²) in [5, 5.41) is 1.01. The van der Waals surface area contributed by atoms with E-state index in [9.17, 15) is 4.39 Å². The minimum Gasteiger partial charge on any atom is -0.497 e. The fraction of sp³-hybridized carbons (Fsp3) is 0.0455. The second-order valence-electron chi connectivity index (χ2n) is 5.81. The summed E-state index contributed by atoms with van der Waals surface area (Å²) in [5.41, 5.74) is 4.48. The molecule has 3 heteroatoms. The summed E-state index contributed by atoms with van der Waals surface area (Å²) in [6, 6.07) is 24.4. The highest BCUT2D eigenvalue weighted by molar-refractivity contribution is 5.97. The van der Waals surface area contributed by atoms with Gasteiger partial charge in [0.05, 0.1) is 18.3 Å². The van der Waals surface area contributed by atoms with Gasteiger partial charge in [-0.05, 0) is 47.5 Å². The number of ether oxygens (including phenoxy) is 1. The standard InChI is InChI=1S/C22H16FNO/c1-25-18-10-11-21-20(13-18)19(15-6-3-2-4-7-15)14-22(24-21)16-8-5-9-17(23)12-16/h2-14H,1H3. The van der Waals surface area contributed by atoms with E-state index in [4.69, 9.17) is 9.72 Å². The Morgan fingerprint density at radius 3 is 2.36 bits per heavy atom. The molecule has 0 saturated heterocycles. The van der Waals surface area contributed by atoms with Crippen LogP contribution in [-0.4, -0.2) is 12.1 Å². The van der Waals surface area contributed by atoms with Crippen LogP contribution in [0.1, 0.15) is 0 Å². The van der Waals surface area contributed by atoms with Gasteiger partial charge in [0.15, 0.2) is 0 Å². The maximum Gasteiger partial charge on any atom is 0.123 e. The van der Waals surface area contributed by atoms with Gasteiger partial charge in [-0.15, -0.1) is 0 Å². The molecule has 4 aromatic rings.